The number of nitrogens with one attached hydrogen (secondary N) is 1. The van der Waals surface area contributed by atoms with E-state index in [0.717, 1.165) is 64.3 Å². The predicted octanol–water partition coefficient (Wildman–Crippen LogP) is 5.04. The van der Waals surface area contributed by atoms with Gasteiger partial charge in [-0.3, -0.25) is 15.0 Å². The Labute approximate surface area is 216 Å². The Hall–Kier alpha value is -3.92. The van der Waals surface area contributed by atoms with Crippen molar-refractivity contribution in [2.24, 2.45) is 0 Å². The normalized spacial score (nSPS) is 19.5. The maximum absolute atomic E-state index is 5.78. The standard InChI is InChI=1S/C28H23N7OS/c1-2-21(22-13-31-32-23(22)3-1)26-27(17-6-9-29-10-7-17)33-35-24(8-11-30-28(26)35)25-5-4-20(37-25)15-34-14-19-12-18(34)16-36-19/h1-11,13,18-19H,12,14-16H2,(H,31,32)/t18-,19-/m0/s1. The number of thiophene rings is 1. The molecule has 2 fully saturated rings. The van der Waals surface area contributed by atoms with E-state index < -0.39 is 0 Å². The second kappa shape index (κ2) is 8.31. The molecule has 6 aromatic rings. The average Bonchev–Trinajstić information content (AvgIpc) is 3.76. The van der Waals surface area contributed by atoms with Crippen LogP contribution in [0.25, 0.3) is 49.5 Å². The Kier molecular flexibility index (Phi) is 4.76. The molecule has 0 aliphatic carbocycles. The maximum atomic E-state index is 5.78. The summed E-state index contributed by atoms with van der Waals surface area (Å²) in [6.07, 6.45) is 8.95. The van der Waals surface area contributed by atoms with Crippen molar-refractivity contribution in [3.8, 4) is 33.0 Å². The van der Waals surface area contributed by atoms with Crippen molar-refractivity contribution in [2.45, 2.75) is 25.1 Å². The second-order valence-electron chi connectivity index (χ2n) is 9.70. The van der Waals surface area contributed by atoms with Crippen molar-refractivity contribution in [2.75, 3.05) is 13.2 Å². The number of morpholine rings is 1. The number of nitrogens with zero attached hydrogens (tertiary/aromatic N) is 6. The zero-order chi connectivity index (χ0) is 24.3. The van der Waals surface area contributed by atoms with Gasteiger partial charge in [-0.2, -0.15) is 10.2 Å². The van der Waals surface area contributed by atoms with E-state index in [0.29, 0.717) is 12.1 Å². The van der Waals surface area contributed by atoms with Crippen LogP contribution in [0.15, 0.2) is 73.3 Å². The molecule has 2 saturated heterocycles. The lowest BCUT2D eigenvalue weighted by molar-refractivity contribution is 0.0277. The Morgan fingerprint density at radius 2 is 2.00 bits per heavy atom. The molecule has 8 rings (SSSR count). The summed E-state index contributed by atoms with van der Waals surface area (Å²) in [6, 6.07) is 17.3. The number of aromatic amines is 1. The molecule has 37 heavy (non-hydrogen) atoms. The van der Waals surface area contributed by atoms with Crippen LogP contribution in [0, 0.1) is 0 Å². The van der Waals surface area contributed by atoms with Gasteiger partial charge in [0.15, 0.2) is 5.65 Å². The van der Waals surface area contributed by atoms with Crippen LogP contribution in [0.3, 0.4) is 0 Å². The summed E-state index contributed by atoms with van der Waals surface area (Å²) in [5.74, 6) is 0. The molecule has 9 heteroatoms. The van der Waals surface area contributed by atoms with Crippen LogP contribution >= 0.6 is 11.3 Å². The van der Waals surface area contributed by atoms with Gasteiger partial charge in [-0.25, -0.2) is 9.50 Å². The van der Waals surface area contributed by atoms with Gasteiger partial charge in [0.1, 0.15) is 5.69 Å². The number of hydrogen-bond acceptors (Lipinski definition) is 7. The van der Waals surface area contributed by atoms with Gasteiger partial charge in [-0.1, -0.05) is 12.1 Å². The SMILES string of the molecule is c1cc(-c2c(-c3ccncc3)nn3c(-c4ccc(CN5C[C@@H]6C[C@H]5CO6)s4)ccnc23)c2cn[nH]c2c1. The van der Waals surface area contributed by atoms with Crippen LogP contribution in [0.5, 0.6) is 0 Å². The minimum absolute atomic E-state index is 0.415. The van der Waals surface area contributed by atoms with Crippen LogP contribution in [0.4, 0.5) is 0 Å². The molecule has 0 unspecified atom stereocenters. The third-order valence-electron chi connectivity index (χ3n) is 7.51. The quantitative estimate of drug-likeness (QED) is 0.354. The first-order valence-electron chi connectivity index (χ1n) is 12.5. The molecule has 0 radical (unpaired) electrons. The topological polar surface area (TPSA) is 84.2 Å². The molecule has 2 bridgehead atoms. The lowest BCUT2D eigenvalue weighted by atomic mass is 9.99. The van der Waals surface area contributed by atoms with Crippen molar-refractivity contribution in [1.29, 1.82) is 0 Å². The van der Waals surface area contributed by atoms with E-state index in [1.54, 1.807) is 12.4 Å². The van der Waals surface area contributed by atoms with Crippen molar-refractivity contribution >= 4 is 27.9 Å². The van der Waals surface area contributed by atoms with Gasteiger partial charge < -0.3 is 4.74 Å². The molecule has 8 nitrogen and oxygen atoms in total. The molecule has 2 atom stereocenters. The number of pyridine rings is 1. The molecule has 5 aromatic heterocycles. The number of H-pyrrole nitrogens is 1. The van der Waals surface area contributed by atoms with Crippen LogP contribution in [-0.4, -0.2) is 60.0 Å². The van der Waals surface area contributed by atoms with E-state index in [4.69, 9.17) is 14.8 Å². The lowest BCUT2D eigenvalue weighted by Gasteiger charge is -2.25. The van der Waals surface area contributed by atoms with E-state index in [1.165, 1.54) is 16.2 Å². The number of fused-ring (bicyclic) bond motifs is 4. The summed E-state index contributed by atoms with van der Waals surface area (Å²) >= 11 is 1.83. The van der Waals surface area contributed by atoms with Gasteiger partial charge in [0.25, 0.3) is 0 Å². The van der Waals surface area contributed by atoms with Crippen molar-refractivity contribution in [3.05, 3.63) is 78.2 Å². The summed E-state index contributed by atoms with van der Waals surface area (Å²) in [4.78, 5) is 14.2. The smallest absolute Gasteiger partial charge is 0.164 e. The molecule has 2 aliphatic heterocycles. The first-order chi connectivity index (χ1) is 18.3. The Morgan fingerprint density at radius 3 is 2.86 bits per heavy atom. The van der Waals surface area contributed by atoms with Crippen LogP contribution in [-0.2, 0) is 11.3 Å². The molecular weight excluding hydrogens is 482 g/mol. The molecule has 182 valence electrons. The van der Waals surface area contributed by atoms with E-state index in [2.05, 4.69) is 44.3 Å². The minimum atomic E-state index is 0.415. The van der Waals surface area contributed by atoms with E-state index >= 15 is 0 Å². The summed E-state index contributed by atoms with van der Waals surface area (Å²) in [5.41, 5.74) is 6.76. The largest absolute Gasteiger partial charge is 0.375 e. The number of benzene rings is 1. The van der Waals surface area contributed by atoms with Gasteiger partial charge in [0.2, 0.25) is 0 Å². The van der Waals surface area contributed by atoms with Crippen molar-refractivity contribution in [3.63, 3.8) is 0 Å². The zero-order valence-corrected chi connectivity index (χ0v) is 20.7. The lowest BCUT2D eigenvalue weighted by Crippen LogP contribution is -2.36. The summed E-state index contributed by atoms with van der Waals surface area (Å²) in [7, 11) is 0. The summed E-state index contributed by atoms with van der Waals surface area (Å²) in [5, 5.41) is 13.6. The number of hydrogen-bond donors (Lipinski definition) is 1. The third kappa shape index (κ3) is 3.42. The molecule has 0 amide bonds. The van der Waals surface area contributed by atoms with Gasteiger partial charge in [-0.15, -0.1) is 11.3 Å². The monoisotopic (exact) mass is 505 g/mol. The highest BCUT2D eigenvalue weighted by molar-refractivity contribution is 7.15. The predicted molar refractivity (Wildman–Crippen MR) is 143 cm³/mol. The molecule has 0 saturated carbocycles. The number of aromatic nitrogens is 6. The zero-order valence-electron chi connectivity index (χ0n) is 19.9. The van der Waals surface area contributed by atoms with Gasteiger partial charge in [0, 0.05) is 53.5 Å². The van der Waals surface area contributed by atoms with E-state index in [9.17, 15) is 0 Å². The van der Waals surface area contributed by atoms with Crippen molar-refractivity contribution in [1.82, 2.24) is 34.7 Å². The number of rotatable bonds is 5. The first-order valence-corrected chi connectivity index (χ1v) is 13.3. The van der Waals surface area contributed by atoms with Gasteiger partial charge >= 0.3 is 0 Å². The average molecular weight is 506 g/mol. The highest BCUT2D eigenvalue weighted by Crippen LogP contribution is 2.40. The Morgan fingerprint density at radius 1 is 1.05 bits per heavy atom. The van der Waals surface area contributed by atoms with Crippen LogP contribution in [0.1, 0.15) is 11.3 Å². The Balaban J connectivity index is 1.28. The minimum Gasteiger partial charge on any atom is -0.375 e. The third-order valence-corrected chi connectivity index (χ3v) is 8.61. The molecule has 7 heterocycles. The second-order valence-corrected chi connectivity index (χ2v) is 10.9. The summed E-state index contributed by atoms with van der Waals surface area (Å²) < 4.78 is 7.78. The van der Waals surface area contributed by atoms with Crippen LogP contribution in [0.2, 0.25) is 0 Å². The van der Waals surface area contributed by atoms with Crippen LogP contribution < -0.4 is 0 Å². The summed E-state index contributed by atoms with van der Waals surface area (Å²) in [6.45, 7) is 2.87. The highest BCUT2D eigenvalue weighted by Gasteiger charge is 2.38. The van der Waals surface area contributed by atoms with E-state index in [-0.39, 0.29) is 0 Å². The molecule has 1 N–H and O–H groups in total. The maximum Gasteiger partial charge on any atom is 0.164 e. The van der Waals surface area contributed by atoms with Gasteiger partial charge in [-0.05, 0) is 48.4 Å². The fourth-order valence-corrected chi connectivity index (χ4v) is 6.80. The molecule has 1 aromatic carbocycles. The molecular formula is C28H23N7OS. The highest BCUT2D eigenvalue weighted by atomic mass is 32.1. The number of ether oxygens (including phenoxy) is 1. The Bertz CT molecular complexity index is 1750. The fourth-order valence-electron chi connectivity index (χ4n) is 5.75. The molecule has 2 aliphatic rings. The number of likely N-dealkylation sites (tertiary alicyclic amines) is 1. The van der Waals surface area contributed by atoms with E-state index in [1.807, 2.05) is 52.5 Å². The van der Waals surface area contributed by atoms with Crippen molar-refractivity contribution < 1.29 is 4.74 Å². The first kappa shape index (κ1) is 21.2. The molecule has 0 spiro atoms. The fraction of sp³-hybridized carbons (Fsp3) is 0.214. The van der Waals surface area contributed by atoms with Gasteiger partial charge in [0.05, 0.1) is 40.6 Å².